The second-order valence-electron chi connectivity index (χ2n) is 4.06. The van der Waals surface area contributed by atoms with Gasteiger partial charge in [-0.25, -0.2) is 4.99 Å². The van der Waals surface area contributed by atoms with E-state index in [1.807, 2.05) is 7.05 Å². The van der Waals surface area contributed by atoms with E-state index < -0.39 is 0 Å². The van der Waals surface area contributed by atoms with Gasteiger partial charge in [0.25, 0.3) is 0 Å². The van der Waals surface area contributed by atoms with Crippen LogP contribution in [0, 0.1) is 0 Å². The average molecular weight is 227 g/mol. The summed E-state index contributed by atoms with van der Waals surface area (Å²) in [5.74, 6) is 1.23. The molecular formula is C10H17N3OS. The van der Waals surface area contributed by atoms with Crippen LogP contribution in [0.25, 0.3) is 0 Å². The molecule has 1 N–H and O–H groups in total. The second-order valence-corrected chi connectivity index (χ2v) is 5.07. The summed E-state index contributed by atoms with van der Waals surface area (Å²) in [6.45, 7) is 3.00. The van der Waals surface area contributed by atoms with Gasteiger partial charge in [-0.15, -0.1) is 0 Å². The Morgan fingerprint density at radius 3 is 3.00 bits per heavy atom. The van der Waals surface area contributed by atoms with Crippen molar-refractivity contribution in [2.45, 2.75) is 31.8 Å². The predicted octanol–water partition coefficient (Wildman–Crippen LogP) is 0.688. The number of hydrogen-bond donors (Lipinski definition) is 1. The normalized spacial score (nSPS) is 33.9. The maximum Gasteiger partial charge on any atom is 0.247 e. The first-order valence-corrected chi connectivity index (χ1v) is 6.41. The SMILES string of the molecule is CCC1CSC(=NC2CCN(C)C2=O)N1. The predicted molar refractivity (Wildman–Crippen MR) is 63.1 cm³/mol. The van der Waals surface area contributed by atoms with Crippen molar-refractivity contribution in [2.24, 2.45) is 4.99 Å². The van der Waals surface area contributed by atoms with E-state index in [9.17, 15) is 4.79 Å². The molecule has 2 unspecified atom stereocenters. The third kappa shape index (κ3) is 2.27. The lowest BCUT2D eigenvalue weighted by Gasteiger charge is -2.08. The lowest BCUT2D eigenvalue weighted by molar-refractivity contribution is -0.127. The van der Waals surface area contributed by atoms with Crippen molar-refractivity contribution in [1.82, 2.24) is 10.2 Å². The van der Waals surface area contributed by atoms with Gasteiger partial charge < -0.3 is 10.2 Å². The summed E-state index contributed by atoms with van der Waals surface area (Å²) in [7, 11) is 1.84. The fourth-order valence-corrected chi connectivity index (χ4v) is 2.93. The van der Waals surface area contributed by atoms with E-state index in [0.29, 0.717) is 6.04 Å². The van der Waals surface area contributed by atoms with Crippen molar-refractivity contribution in [3.63, 3.8) is 0 Å². The van der Waals surface area contributed by atoms with Crippen LogP contribution in [0.2, 0.25) is 0 Å². The molecule has 0 saturated carbocycles. The smallest absolute Gasteiger partial charge is 0.247 e. The van der Waals surface area contributed by atoms with E-state index in [2.05, 4.69) is 17.2 Å². The molecule has 2 atom stereocenters. The zero-order valence-corrected chi connectivity index (χ0v) is 10.0. The Hall–Kier alpha value is -0.710. The third-order valence-electron chi connectivity index (χ3n) is 2.91. The average Bonchev–Trinajstić information content (AvgIpc) is 2.80. The van der Waals surface area contributed by atoms with Gasteiger partial charge in [0.1, 0.15) is 6.04 Å². The number of amides is 1. The van der Waals surface area contributed by atoms with E-state index in [1.54, 1.807) is 16.7 Å². The van der Waals surface area contributed by atoms with Gasteiger partial charge >= 0.3 is 0 Å². The molecule has 2 aliphatic heterocycles. The van der Waals surface area contributed by atoms with Gasteiger partial charge in [0.15, 0.2) is 5.17 Å². The van der Waals surface area contributed by atoms with E-state index in [4.69, 9.17) is 0 Å². The molecule has 5 heteroatoms. The molecule has 2 fully saturated rings. The minimum atomic E-state index is -0.138. The minimum Gasteiger partial charge on any atom is -0.361 e. The van der Waals surface area contributed by atoms with Crippen molar-refractivity contribution >= 4 is 22.8 Å². The number of rotatable bonds is 2. The van der Waals surface area contributed by atoms with Gasteiger partial charge in [0, 0.05) is 25.4 Å². The Morgan fingerprint density at radius 2 is 2.47 bits per heavy atom. The zero-order valence-electron chi connectivity index (χ0n) is 9.19. The van der Waals surface area contributed by atoms with Gasteiger partial charge in [-0.3, -0.25) is 4.79 Å². The van der Waals surface area contributed by atoms with Gasteiger partial charge in [0.2, 0.25) is 5.91 Å². The zero-order chi connectivity index (χ0) is 10.8. The quantitative estimate of drug-likeness (QED) is 0.755. The number of nitrogens with zero attached hydrogens (tertiary/aromatic N) is 2. The molecule has 0 radical (unpaired) electrons. The van der Waals surface area contributed by atoms with Crippen LogP contribution >= 0.6 is 11.8 Å². The van der Waals surface area contributed by atoms with Gasteiger partial charge in [-0.2, -0.15) is 0 Å². The van der Waals surface area contributed by atoms with Gasteiger partial charge in [0.05, 0.1) is 0 Å². The van der Waals surface area contributed by atoms with Crippen LogP contribution in [0.4, 0.5) is 0 Å². The summed E-state index contributed by atoms with van der Waals surface area (Å²) < 4.78 is 0. The van der Waals surface area contributed by atoms with E-state index in [1.165, 1.54) is 0 Å². The van der Waals surface area contributed by atoms with Crippen molar-refractivity contribution < 1.29 is 4.79 Å². The molecule has 2 aliphatic rings. The first-order valence-electron chi connectivity index (χ1n) is 5.42. The number of amidine groups is 1. The number of likely N-dealkylation sites (tertiary alicyclic amines) is 1. The second kappa shape index (κ2) is 4.43. The first kappa shape index (κ1) is 10.8. The highest BCUT2D eigenvalue weighted by Crippen LogP contribution is 2.19. The van der Waals surface area contributed by atoms with Crippen LogP contribution in [0.3, 0.4) is 0 Å². The number of nitrogens with one attached hydrogen (secondary N) is 1. The fourth-order valence-electron chi connectivity index (χ4n) is 1.80. The molecule has 0 aromatic rings. The van der Waals surface area contributed by atoms with Crippen LogP contribution in [-0.4, -0.2) is 47.4 Å². The van der Waals surface area contributed by atoms with Crippen molar-refractivity contribution in [3.8, 4) is 0 Å². The molecular weight excluding hydrogens is 210 g/mol. The summed E-state index contributed by atoms with van der Waals surface area (Å²) in [6.07, 6.45) is 1.97. The number of likely N-dealkylation sites (N-methyl/N-ethyl adjacent to an activating group) is 1. The number of carbonyl (C=O) groups is 1. The first-order chi connectivity index (χ1) is 7.20. The summed E-state index contributed by atoms with van der Waals surface area (Å²) in [5.41, 5.74) is 0. The third-order valence-corrected chi connectivity index (χ3v) is 3.98. The molecule has 15 heavy (non-hydrogen) atoms. The number of carbonyl (C=O) groups excluding carboxylic acids is 1. The molecule has 2 saturated heterocycles. The van der Waals surface area contributed by atoms with Crippen LogP contribution in [0.1, 0.15) is 19.8 Å². The molecule has 84 valence electrons. The monoisotopic (exact) mass is 227 g/mol. The molecule has 0 spiro atoms. The molecule has 0 aliphatic carbocycles. The van der Waals surface area contributed by atoms with Crippen molar-refractivity contribution in [3.05, 3.63) is 0 Å². The molecule has 4 nitrogen and oxygen atoms in total. The maximum atomic E-state index is 11.6. The molecule has 0 bridgehead atoms. The highest BCUT2D eigenvalue weighted by Gasteiger charge is 2.30. The number of thioether (sulfide) groups is 1. The van der Waals surface area contributed by atoms with Crippen LogP contribution < -0.4 is 5.32 Å². The highest BCUT2D eigenvalue weighted by molar-refractivity contribution is 8.14. The number of hydrogen-bond acceptors (Lipinski definition) is 3. The minimum absolute atomic E-state index is 0.138. The Bertz CT molecular complexity index is 292. The van der Waals surface area contributed by atoms with Gasteiger partial charge in [-0.05, 0) is 12.8 Å². The summed E-state index contributed by atoms with van der Waals surface area (Å²) in [6, 6.07) is 0.392. The van der Waals surface area contributed by atoms with Crippen molar-refractivity contribution in [2.75, 3.05) is 19.3 Å². The number of aliphatic imine (C=N–C) groups is 1. The summed E-state index contributed by atoms with van der Waals surface area (Å²) in [5, 5.41) is 4.30. The van der Waals surface area contributed by atoms with E-state index >= 15 is 0 Å². The lowest BCUT2D eigenvalue weighted by Crippen LogP contribution is -2.29. The van der Waals surface area contributed by atoms with E-state index in [-0.39, 0.29) is 11.9 Å². The molecule has 0 aromatic carbocycles. The lowest BCUT2D eigenvalue weighted by atomic mass is 10.2. The standard InChI is InChI=1S/C10H17N3OS/c1-3-7-6-15-10(11-7)12-8-4-5-13(2)9(8)14/h7-8H,3-6H2,1-2H3,(H,11,12). The Morgan fingerprint density at radius 1 is 1.67 bits per heavy atom. The fraction of sp³-hybridized carbons (Fsp3) is 0.800. The van der Waals surface area contributed by atoms with Gasteiger partial charge in [-0.1, -0.05) is 18.7 Å². The Kier molecular flexibility index (Phi) is 3.19. The molecule has 2 rings (SSSR count). The van der Waals surface area contributed by atoms with Crippen LogP contribution in [0.15, 0.2) is 4.99 Å². The molecule has 0 aromatic heterocycles. The largest absolute Gasteiger partial charge is 0.361 e. The summed E-state index contributed by atoms with van der Waals surface area (Å²) in [4.78, 5) is 17.9. The molecule has 2 heterocycles. The molecule has 1 amide bonds. The topological polar surface area (TPSA) is 44.7 Å². The van der Waals surface area contributed by atoms with E-state index in [0.717, 1.165) is 30.3 Å². The van der Waals surface area contributed by atoms with Crippen molar-refractivity contribution in [1.29, 1.82) is 0 Å². The Labute approximate surface area is 94.5 Å². The Balaban J connectivity index is 1.96. The van der Waals surface area contributed by atoms with Crippen LogP contribution in [0.5, 0.6) is 0 Å². The maximum absolute atomic E-state index is 11.6. The van der Waals surface area contributed by atoms with Crippen LogP contribution in [-0.2, 0) is 4.79 Å². The summed E-state index contributed by atoms with van der Waals surface area (Å²) >= 11 is 1.73. The highest BCUT2D eigenvalue weighted by atomic mass is 32.2.